The van der Waals surface area contributed by atoms with Gasteiger partial charge in [-0.3, -0.25) is 0 Å². The molecule has 1 unspecified atom stereocenters. The van der Waals surface area contributed by atoms with Crippen molar-refractivity contribution in [2.45, 2.75) is 25.4 Å². The molecule has 148 valence electrons. The van der Waals surface area contributed by atoms with Crippen molar-refractivity contribution >= 4 is 10.2 Å². The SMILES string of the molecule is CN(C)S(=O)(=O)n1ccnc1CC(Cc1ccccc1)c1ccc(CO)cc1. The predicted octanol–water partition coefficient (Wildman–Crippen LogP) is 2.60. The van der Waals surface area contributed by atoms with Crippen LogP contribution in [0.5, 0.6) is 0 Å². The van der Waals surface area contributed by atoms with Crippen LogP contribution < -0.4 is 0 Å². The van der Waals surface area contributed by atoms with Gasteiger partial charge in [0.25, 0.3) is 0 Å². The fourth-order valence-corrected chi connectivity index (χ4v) is 4.12. The van der Waals surface area contributed by atoms with E-state index in [4.69, 9.17) is 0 Å². The third-order valence-corrected chi connectivity index (χ3v) is 6.53. The van der Waals surface area contributed by atoms with Gasteiger partial charge >= 0.3 is 10.2 Å². The Hall–Kier alpha value is -2.48. The van der Waals surface area contributed by atoms with Crippen molar-refractivity contribution in [1.82, 2.24) is 13.3 Å². The molecule has 0 bridgehead atoms. The normalized spacial score (nSPS) is 13.0. The maximum atomic E-state index is 12.6. The maximum Gasteiger partial charge on any atom is 0.308 e. The van der Waals surface area contributed by atoms with Gasteiger partial charge in [-0.2, -0.15) is 12.7 Å². The van der Waals surface area contributed by atoms with Gasteiger partial charge in [-0.1, -0.05) is 54.6 Å². The summed E-state index contributed by atoms with van der Waals surface area (Å²) in [5.41, 5.74) is 3.10. The van der Waals surface area contributed by atoms with Gasteiger partial charge in [-0.25, -0.2) is 8.96 Å². The van der Waals surface area contributed by atoms with E-state index in [0.29, 0.717) is 12.2 Å². The highest BCUT2D eigenvalue weighted by atomic mass is 32.2. The van der Waals surface area contributed by atoms with Gasteiger partial charge < -0.3 is 5.11 Å². The first-order valence-electron chi connectivity index (χ1n) is 9.10. The van der Waals surface area contributed by atoms with E-state index >= 15 is 0 Å². The zero-order valence-corrected chi connectivity index (χ0v) is 16.9. The largest absolute Gasteiger partial charge is 0.392 e. The van der Waals surface area contributed by atoms with Gasteiger partial charge in [0.1, 0.15) is 5.82 Å². The van der Waals surface area contributed by atoms with Crippen molar-refractivity contribution < 1.29 is 13.5 Å². The molecule has 1 N–H and O–H groups in total. The number of imidazole rings is 1. The molecule has 0 aliphatic heterocycles. The topological polar surface area (TPSA) is 75.4 Å². The molecule has 0 fully saturated rings. The molecule has 7 heteroatoms. The van der Waals surface area contributed by atoms with Crippen molar-refractivity contribution in [2.24, 2.45) is 0 Å². The quantitative estimate of drug-likeness (QED) is 0.632. The van der Waals surface area contributed by atoms with Gasteiger partial charge in [-0.15, -0.1) is 0 Å². The van der Waals surface area contributed by atoms with Crippen LogP contribution in [0.4, 0.5) is 0 Å². The highest BCUT2D eigenvalue weighted by Crippen LogP contribution is 2.26. The molecule has 0 aliphatic rings. The molecule has 1 aromatic heterocycles. The lowest BCUT2D eigenvalue weighted by Gasteiger charge is -2.20. The predicted molar refractivity (Wildman–Crippen MR) is 109 cm³/mol. The summed E-state index contributed by atoms with van der Waals surface area (Å²) in [5, 5.41) is 9.30. The van der Waals surface area contributed by atoms with Gasteiger partial charge in [0, 0.05) is 32.9 Å². The molecule has 1 atom stereocenters. The molecule has 3 aromatic rings. The first-order valence-corrected chi connectivity index (χ1v) is 10.5. The smallest absolute Gasteiger partial charge is 0.308 e. The summed E-state index contributed by atoms with van der Waals surface area (Å²) >= 11 is 0. The second-order valence-electron chi connectivity index (χ2n) is 6.92. The second-order valence-corrected chi connectivity index (χ2v) is 8.94. The van der Waals surface area contributed by atoms with Crippen LogP contribution in [0.2, 0.25) is 0 Å². The minimum atomic E-state index is -3.62. The number of aliphatic hydroxyl groups is 1. The molecular weight excluding hydrogens is 374 g/mol. The summed E-state index contributed by atoms with van der Waals surface area (Å²) in [6.45, 7) is -0.00484. The Morgan fingerprint density at radius 1 is 1.00 bits per heavy atom. The number of hydrogen-bond donors (Lipinski definition) is 1. The number of aliphatic hydroxyl groups excluding tert-OH is 1. The second kappa shape index (κ2) is 8.68. The van der Waals surface area contributed by atoms with E-state index in [1.165, 1.54) is 40.3 Å². The monoisotopic (exact) mass is 399 g/mol. The molecule has 0 spiro atoms. The van der Waals surface area contributed by atoms with Crippen molar-refractivity contribution in [1.29, 1.82) is 0 Å². The van der Waals surface area contributed by atoms with E-state index in [-0.39, 0.29) is 12.5 Å². The molecular formula is C21H25N3O3S. The molecule has 0 radical (unpaired) electrons. The highest BCUT2D eigenvalue weighted by molar-refractivity contribution is 7.87. The maximum absolute atomic E-state index is 12.6. The van der Waals surface area contributed by atoms with E-state index in [1.807, 2.05) is 42.5 Å². The number of benzene rings is 2. The van der Waals surface area contributed by atoms with Crippen LogP contribution in [0.1, 0.15) is 28.4 Å². The minimum absolute atomic E-state index is 0.00484. The molecule has 6 nitrogen and oxygen atoms in total. The molecule has 0 saturated carbocycles. The average Bonchev–Trinajstić information content (AvgIpc) is 3.17. The highest BCUT2D eigenvalue weighted by Gasteiger charge is 2.23. The van der Waals surface area contributed by atoms with Crippen LogP contribution in [0.25, 0.3) is 0 Å². The van der Waals surface area contributed by atoms with E-state index < -0.39 is 10.2 Å². The van der Waals surface area contributed by atoms with E-state index in [2.05, 4.69) is 17.1 Å². The Kier molecular flexibility index (Phi) is 6.28. The van der Waals surface area contributed by atoms with E-state index in [1.54, 1.807) is 0 Å². The summed E-state index contributed by atoms with van der Waals surface area (Å²) in [7, 11) is -0.605. The summed E-state index contributed by atoms with van der Waals surface area (Å²) in [5.74, 6) is 0.550. The standard InChI is InChI=1S/C21H25N3O3S/c1-23(2)28(26,27)24-13-12-22-21(24)15-20(14-17-6-4-3-5-7-17)19-10-8-18(16-25)9-11-19/h3-13,20,25H,14-16H2,1-2H3. The van der Waals surface area contributed by atoms with Gasteiger partial charge in [-0.05, 0) is 29.0 Å². The van der Waals surface area contributed by atoms with Crippen LogP contribution in [0.3, 0.4) is 0 Å². The lowest BCUT2D eigenvalue weighted by Crippen LogP contribution is -2.30. The number of nitrogens with zero attached hydrogens (tertiary/aromatic N) is 3. The fraction of sp³-hybridized carbons (Fsp3) is 0.286. The lowest BCUT2D eigenvalue weighted by molar-refractivity contribution is 0.282. The third kappa shape index (κ3) is 4.49. The molecule has 0 aliphatic carbocycles. The Labute approximate surface area is 166 Å². The summed E-state index contributed by atoms with van der Waals surface area (Å²) in [6, 6.07) is 17.9. The molecule has 0 amide bonds. The molecule has 1 heterocycles. The number of aromatic nitrogens is 2. The van der Waals surface area contributed by atoms with Gasteiger partial charge in [0.05, 0.1) is 6.61 Å². The van der Waals surface area contributed by atoms with Crippen molar-refractivity contribution in [2.75, 3.05) is 14.1 Å². The summed E-state index contributed by atoms with van der Waals surface area (Å²) in [4.78, 5) is 4.32. The van der Waals surface area contributed by atoms with Crippen molar-refractivity contribution in [3.05, 3.63) is 89.5 Å². The first kappa shape index (κ1) is 20.3. The molecule has 2 aromatic carbocycles. The van der Waals surface area contributed by atoms with Crippen LogP contribution in [-0.4, -0.2) is 40.9 Å². The van der Waals surface area contributed by atoms with Crippen molar-refractivity contribution in [3.8, 4) is 0 Å². The number of hydrogen-bond acceptors (Lipinski definition) is 4. The fourth-order valence-electron chi connectivity index (χ4n) is 3.17. The first-order chi connectivity index (χ1) is 13.4. The molecule has 28 heavy (non-hydrogen) atoms. The van der Waals surface area contributed by atoms with Gasteiger partial charge in [0.2, 0.25) is 0 Å². The molecule has 0 saturated heterocycles. The van der Waals surface area contributed by atoms with E-state index in [0.717, 1.165) is 17.5 Å². The lowest BCUT2D eigenvalue weighted by atomic mass is 9.88. The van der Waals surface area contributed by atoms with Gasteiger partial charge in [0.15, 0.2) is 0 Å². The average molecular weight is 400 g/mol. The van der Waals surface area contributed by atoms with E-state index in [9.17, 15) is 13.5 Å². The van der Waals surface area contributed by atoms with Crippen LogP contribution in [0.15, 0.2) is 67.0 Å². The zero-order chi connectivity index (χ0) is 20.1. The summed E-state index contributed by atoms with van der Waals surface area (Å²) < 4.78 is 27.6. The Morgan fingerprint density at radius 3 is 2.29 bits per heavy atom. The Balaban J connectivity index is 1.95. The Morgan fingerprint density at radius 2 is 1.68 bits per heavy atom. The minimum Gasteiger partial charge on any atom is -0.392 e. The van der Waals surface area contributed by atoms with Crippen molar-refractivity contribution in [3.63, 3.8) is 0 Å². The number of rotatable bonds is 8. The van der Waals surface area contributed by atoms with Crippen LogP contribution in [-0.2, 0) is 29.7 Å². The summed E-state index contributed by atoms with van der Waals surface area (Å²) in [6.07, 6.45) is 4.24. The Bertz CT molecular complexity index is 997. The van der Waals surface area contributed by atoms with Crippen LogP contribution >= 0.6 is 0 Å². The molecule has 3 rings (SSSR count). The third-order valence-electron chi connectivity index (χ3n) is 4.78. The van der Waals surface area contributed by atoms with Crippen LogP contribution in [0, 0.1) is 0 Å². The zero-order valence-electron chi connectivity index (χ0n) is 16.1.